The Kier molecular flexibility index (Phi) is 3.76. The molecule has 3 amide bonds. The minimum absolute atomic E-state index is 0.108. The first-order valence-electron chi connectivity index (χ1n) is 8.60. The van der Waals surface area contributed by atoms with Crippen molar-refractivity contribution < 1.29 is 19.5 Å². The number of aliphatic hydroxyl groups is 1. The Morgan fingerprint density at radius 3 is 2.40 bits per heavy atom. The van der Waals surface area contributed by atoms with Crippen LogP contribution in [0, 0.1) is 6.92 Å². The lowest BCUT2D eigenvalue weighted by Gasteiger charge is -2.47. The Hall–Kier alpha value is -2.41. The Morgan fingerprint density at radius 1 is 1.00 bits per heavy atom. The van der Waals surface area contributed by atoms with E-state index >= 15 is 0 Å². The van der Waals surface area contributed by atoms with Crippen molar-refractivity contribution in [1.29, 1.82) is 0 Å². The summed E-state index contributed by atoms with van der Waals surface area (Å²) in [6.45, 7) is 3.13. The van der Waals surface area contributed by atoms with Gasteiger partial charge in [-0.1, -0.05) is 17.7 Å². The monoisotopic (exact) mass is 343 g/mol. The third-order valence-electron chi connectivity index (χ3n) is 5.38. The van der Waals surface area contributed by atoms with Gasteiger partial charge < -0.3 is 19.8 Å². The molecular weight excluding hydrogens is 322 g/mol. The van der Waals surface area contributed by atoms with Gasteiger partial charge in [0.25, 0.3) is 5.91 Å². The molecule has 3 heterocycles. The number of rotatable bonds is 1. The second-order valence-electron chi connectivity index (χ2n) is 7.06. The van der Waals surface area contributed by atoms with Crippen molar-refractivity contribution in [2.75, 3.05) is 26.2 Å². The molecule has 1 aromatic carbocycles. The van der Waals surface area contributed by atoms with E-state index in [0.29, 0.717) is 25.1 Å². The number of fused-ring (bicyclic) bond motifs is 2. The molecule has 3 aliphatic rings. The molecule has 3 fully saturated rings. The van der Waals surface area contributed by atoms with E-state index in [-0.39, 0.29) is 30.8 Å². The summed E-state index contributed by atoms with van der Waals surface area (Å²) < 4.78 is 0. The van der Waals surface area contributed by atoms with Crippen molar-refractivity contribution in [1.82, 2.24) is 14.7 Å². The molecule has 0 unspecified atom stereocenters. The molecule has 132 valence electrons. The number of amides is 3. The van der Waals surface area contributed by atoms with Crippen molar-refractivity contribution in [2.24, 2.45) is 0 Å². The normalized spacial score (nSPS) is 28.9. The Morgan fingerprint density at radius 2 is 1.68 bits per heavy atom. The van der Waals surface area contributed by atoms with Gasteiger partial charge in [0.05, 0.1) is 12.6 Å². The van der Waals surface area contributed by atoms with Gasteiger partial charge in [0.1, 0.15) is 12.1 Å². The topological polar surface area (TPSA) is 81.2 Å². The molecule has 0 bridgehead atoms. The van der Waals surface area contributed by atoms with E-state index in [1.54, 1.807) is 21.9 Å². The van der Waals surface area contributed by atoms with Crippen molar-refractivity contribution >= 4 is 17.7 Å². The fraction of sp³-hybridized carbons (Fsp3) is 0.500. The average Bonchev–Trinajstić information content (AvgIpc) is 3.01. The molecule has 3 saturated heterocycles. The third kappa shape index (κ3) is 2.59. The van der Waals surface area contributed by atoms with Gasteiger partial charge in [-0.15, -0.1) is 0 Å². The summed E-state index contributed by atoms with van der Waals surface area (Å²) >= 11 is 0. The number of nitrogens with zero attached hydrogens (tertiary/aromatic N) is 3. The maximum absolute atomic E-state index is 12.8. The van der Waals surface area contributed by atoms with Gasteiger partial charge >= 0.3 is 0 Å². The molecule has 0 aliphatic carbocycles. The smallest absolute Gasteiger partial charge is 0.253 e. The molecule has 3 aliphatic heterocycles. The number of carbonyl (C=O) groups excluding carboxylic acids is 3. The van der Waals surface area contributed by atoms with E-state index in [1.807, 2.05) is 19.1 Å². The number of hydrogen-bond acceptors (Lipinski definition) is 4. The first-order valence-corrected chi connectivity index (χ1v) is 8.60. The van der Waals surface area contributed by atoms with Crippen molar-refractivity contribution in [3.05, 3.63) is 35.4 Å². The molecule has 0 saturated carbocycles. The molecule has 1 aromatic rings. The minimum atomic E-state index is -0.649. The van der Waals surface area contributed by atoms with E-state index in [9.17, 15) is 19.5 Å². The largest absolute Gasteiger partial charge is 0.391 e. The predicted molar refractivity (Wildman–Crippen MR) is 88.7 cm³/mol. The highest BCUT2D eigenvalue weighted by atomic mass is 16.3. The fourth-order valence-electron chi connectivity index (χ4n) is 4.00. The summed E-state index contributed by atoms with van der Waals surface area (Å²) in [6, 6.07) is 6.15. The second kappa shape index (κ2) is 5.84. The summed E-state index contributed by atoms with van der Waals surface area (Å²) in [6.07, 6.45) is -0.343. The lowest BCUT2D eigenvalue weighted by Crippen LogP contribution is -2.69. The number of benzene rings is 1. The lowest BCUT2D eigenvalue weighted by molar-refractivity contribution is -0.162. The zero-order valence-electron chi connectivity index (χ0n) is 14.1. The molecule has 4 rings (SSSR count). The van der Waals surface area contributed by atoms with Crippen molar-refractivity contribution in [3.8, 4) is 0 Å². The number of piperazine rings is 2. The molecule has 3 atom stereocenters. The lowest BCUT2D eigenvalue weighted by atomic mass is 10.0. The van der Waals surface area contributed by atoms with Gasteiger partial charge in [0, 0.05) is 31.6 Å². The van der Waals surface area contributed by atoms with Gasteiger partial charge in [0.2, 0.25) is 11.8 Å². The second-order valence-corrected chi connectivity index (χ2v) is 7.06. The fourth-order valence-corrected chi connectivity index (χ4v) is 4.00. The highest BCUT2D eigenvalue weighted by molar-refractivity contribution is 5.99. The summed E-state index contributed by atoms with van der Waals surface area (Å²) in [5.74, 6) is -0.394. The summed E-state index contributed by atoms with van der Waals surface area (Å²) in [7, 11) is 0. The van der Waals surface area contributed by atoms with Crippen LogP contribution in [0.25, 0.3) is 0 Å². The number of carbonyl (C=O) groups is 3. The first kappa shape index (κ1) is 16.1. The van der Waals surface area contributed by atoms with E-state index < -0.39 is 18.2 Å². The first-order chi connectivity index (χ1) is 12.0. The van der Waals surface area contributed by atoms with E-state index in [1.165, 1.54) is 4.90 Å². The van der Waals surface area contributed by atoms with E-state index in [4.69, 9.17) is 0 Å². The highest BCUT2D eigenvalue weighted by Gasteiger charge is 2.51. The molecule has 0 spiro atoms. The van der Waals surface area contributed by atoms with Gasteiger partial charge in [-0.25, -0.2) is 0 Å². The maximum atomic E-state index is 12.8. The van der Waals surface area contributed by atoms with Crippen LogP contribution in [0.4, 0.5) is 0 Å². The van der Waals surface area contributed by atoms with Crippen molar-refractivity contribution in [2.45, 2.75) is 31.5 Å². The number of aryl methyl sites for hydroxylation is 1. The van der Waals surface area contributed by atoms with Crippen LogP contribution in [-0.4, -0.2) is 81.9 Å². The average molecular weight is 343 g/mol. The van der Waals surface area contributed by atoms with Crippen LogP contribution < -0.4 is 0 Å². The highest BCUT2D eigenvalue weighted by Crippen LogP contribution is 2.29. The van der Waals surface area contributed by atoms with E-state index in [0.717, 1.165) is 5.56 Å². The van der Waals surface area contributed by atoms with Crippen LogP contribution in [0.15, 0.2) is 24.3 Å². The maximum Gasteiger partial charge on any atom is 0.253 e. The zero-order chi connectivity index (χ0) is 17.7. The number of aliphatic hydroxyl groups excluding tert-OH is 1. The molecule has 25 heavy (non-hydrogen) atoms. The molecule has 1 N–H and O–H groups in total. The Balaban J connectivity index is 1.54. The van der Waals surface area contributed by atoms with Crippen molar-refractivity contribution in [3.63, 3.8) is 0 Å². The van der Waals surface area contributed by atoms with Gasteiger partial charge in [0.15, 0.2) is 0 Å². The summed E-state index contributed by atoms with van der Waals surface area (Å²) in [5, 5.41) is 9.81. The molecule has 7 heteroatoms. The van der Waals surface area contributed by atoms with Gasteiger partial charge in [-0.05, 0) is 19.1 Å². The third-order valence-corrected chi connectivity index (χ3v) is 5.38. The molecule has 0 aromatic heterocycles. The van der Waals surface area contributed by atoms with Crippen LogP contribution in [0.5, 0.6) is 0 Å². The SMILES string of the molecule is Cc1ccc(C(=O)N2CCN3C(=O)[C@@H]4C[C@@H](O)CN4C(=O)[C@H]3C2)cc1. The quantitative estimate of drug-likeness (QED) is 0.754. The molecule has 0 radical (unpaired) electrons. The molecule has 7 nitrogen and oxygen atoms in total. The van der Waals surface area contributed by atoms with Crippen LogP contribution in [0.2, 0.25) is 0 Å². The van der Waals surface area contributed by atoms with Gasteiger partial charge in [-0.2, -0.15) is 0 Å². The summed E-state index contributed by atoms with van der Waals surface area (Å²) in [4.78, 5) is 42.8. The van der Waals surface area contributed by atoms with E-state index in [2.05, 4.69) is 0 Å². The van der Waals surface area contributed by atoms with Gasteiger partial charge in [-0.3, -0.25) is 14.4 Å². The number of hydrogen-bond donors (Lipinski definition) is 1. The zero-order valence-corrected chi connectivity index (χ0v) is 14.1. The minimum Gasteiger partial charge on any atom is -0.391 e. The van der Waals surface area contributed by atoms with Crippen LogP contribution >= 0.6 is 0 Å². The van der Waals surface area contributed by atoms with Crippen LogP contribution in [0.1, 0.15) is 22.3 Å². The molecular formula is C18H21N3O4. The van der Waals surface area contributed by atoms with Crippen LogP contribution in [-0.2, 0) is 9.59 Å². The predicted octanol–water partition coefficient (Wildman–Crippen LogP) is -0.377. The standard InChI is InChI=1S/C18H21N3O4/c1-11-2-4-12(5-3-11)16(23)19-6-7-20-15(10-19)18(25)21-9-13(22)8-14(21)17(20)24/h2-5,13-15,22H,6-10H2,1H3/t13-,14+,15-/m1/s1. The summed E-state index contributed by atoms with van der Waals surface area (Å²) in [5.41, 5.74) is 1.66. The Labute approximate surface area is 145 Å². The van der Waals surface area contributed by atoms with Crippen LogP contribution in [0.3, 0.4) is 0 Å². The Bertz CT molecular complexity index is 732.